The highest BCUT2D eigenvalue weighted by atomic mass is 16.2. The van der Waals surface area contributed by atoms with Crippen molar-refractivity contribution in [2.24, 2.45) is 0 Å². The van der Waals surface area contributed by atoms with E-state index < -0.39 is 0 Å². The van der Waals surface area contributed by atoms with Crippen LogP contribution in [0, 0.1) is 0 Å². The molecule has 4 heteroatoms. The third-order valence-electron chi connectivity index (χ3n) is 4.31. The number of hydrogen-bond acceptors (Lipinski definition) is 3. The fourth-order valence-corrected chi connectivity index (χ4v) is 2.98. The molecule has 0 aliphatic carbocycles. The van der Waals surface area contributed by atoms with Crippen LogP contribution in [0.15, 0.2) is 48.7 Å². The van der Waals surface area contributed by atoms with Crippen LogP contribution in [0.5, 0.6) is 0 Å². The number of anilines is 1. The van der Waals surface area contributed by atoms with Crippen LogP contribution in [0.3, 0.4) is 0 Å². The second kappa shape index (κ2) is 7.27. The van der Waals surface area contributed by atoms with Crippen LogP contribution in [0.2, 0.25) is 0 Å². The molecular weight excluding hydrogens is 286 g/mol. The first-order valence-corrected chi connectivity index (χ1v) is 8.24. The van der Waals surface area contributed by atoms with Crippen LogP contribution in [0.1, 0.15) is 35.3 Å². The lowest BCUT2D eigenvalue weighted by Crippen LogP contribution is -2.36. The quantitative estimate of drug-likeness (QED) is 0.869. The van der Waals surface area contributed by atoms with Gasteiger partial charge in [-0.15, -0.1) is 0 Å². The van der Waals surface area contributed by atoms with Gasteiger partial charge in [-0.25, -0.2) is 0 Å². The van der Waals surface area contributed by atoms with E-state index in [4.69, 9.17) is 0 Å². The minimum atomic E-state index is 0.0552. The summed E-state index contributed by atoms with van der Waals surface area (Å²) in [6.07, 6.45) is 5.14. The van der Waals surface area contributed by atoms with Gasteiger partial charge in [0.25, 0.3) is 5.91 Å². The standard InChI is InChI=1S/C19H23N3O/c1-21(15-16-8-4-2-5-9-16)17-10-11-20-18(14-17)19(23)22-12-6-3-7-13-22/h2,4-5,8-11,14H,3,6-7,12-13,15H2,1H3. The van der Waals surface area contributed by atoms with Gasteiger partial charge in [0.15, 0.2) is 0 Å². The third kappa shape index (κ3) is 3.89. The largest absolute Gasteiger partial charge is 0.370 e. The highest BCUT2D eigenvalue weighted by Crippen LogP contribution is 2.18. The van der Waals surface area contributed by atoms with E-state index in [-0.39, 0.29) is 5.91 Å². The number of benzene rings is 1. The van der Waals surface area contributed by atoms with E-state index in [1.165, 1.54) is 12.0 Å². The van der Waals surface area contributed by atoms with E-state index in [9.17, 15) is 4.79 Å². The molecule has 1 fully saturated rings. The summed E-state index contributed by atoms with van der Waals surface area (Å²) in [4.78, 5) is 20.9. The highest BCUT2D eigenvalue weighted by Gasteiger charge is 2.19. The molecular formula is C19H23N3O. The maximum absolute atomic E-state index is 12.6. The molecule has 0 saturated carbocycles. The molecule has 1 aromatic carbocycles. The molecule has 1 aliphatic rings. The molecule has 0 atom stereocenters. The lowest BCUT2D eigenvalue weighted by molar-refractivity contribution is 0.0718. The van der Waals surface area contributed by atoms with E-state index >= 15 is 0 Å². The van der Waals surface area contributed by atoms with Crippen molar-refractivity contribution in [1.29, 1.82) is 0 Å². The van der Waals surface area contributed by atoms with Crippen molar-refractivity contribution >= 4 is 11.6 Å². The summed E-state index contributed by atoms with van der Waals surface area (Å²) in [7, 11) is 2.04. The van der Waals surface area contributed by atoms with Crippen molar-refractivity contribution in [1.82, 2.24) is 9.88 Å². The minimum Gasteiger partial charge on any atom is -0.370 e. The van der Waals surface area contributed by atoms with Crippen LogP contribution < -0.4 is 4.90 Å². The molecule has 2 heterocycles. The number of carbonyl (C=O) groups is 1. The Hall–Kier alpha value is -2.36. The third-order valence-corrected chi connectivity index (χ3v) is 4.31. The molecule has 0 unspecified atom stereocenters. The summed E-state index contributed by atoms with van der Waals surface area (Å²) >= 11 is 0. The fraction of sp³-hybridized carbons (Fsp3) is 0.368. The Morgan fingerprint density at radius 3 is 2.61 bits per heavy atom. The predicted octanol–water partition coefficient (Wildman–Crippen LogP) is 3.34. The summed E-state index contributed by atoms with van der Waals surface area (Å²) < 4.78 is 0. The van der Waals surface area contributed by atoms with Gasteiger partial charge in [-0.05, 0) is 37.0 Å². The molecule has 1 aliphatic heterocycles. The van der Waals surface area contributed by atoms with Gasteiger partial charge in [-0.3, -0.25) is 9.78 Å². The molecule has 1 aromatic heterocycles. The summed E-state index contributed by atoms with van der Waals surface area (Å²) in [5.74, 6) is 0.0552. The van der Waals surface area contributed by atoms with E-state index in [0.29, 0.717) is 5.69 Å². The first kappa shape index (κ1) is 15.5. The molecule has 1 amide bonds. The summed E-state index contributed by atoms with van der Waals surface area (Å²) in [5, 5.41) is 0. The van der Waals surface area contributed by atoms with Crippen molar-refractivity contribution in [3.8, 4) is 0 Å². The Bertz CT molecular complexity index is 651. The zero-order valence-corrected chi connectivity index (χ0v) is 13.6. The van der Waals surface area contributed by atoms with E-state index in [0.717, 1.165) is 38.2 Å². The molecule has 4 nitrogen and oxygen atoms in total. The van der Waals surface area contributed by atoms with Crippen molar-refractivity contribution in [2.45, 2.75) is 25.8 Å². The van der Waals surface area contributed by atoms with Gasteiger partial charge in [-0.2, -0.15) is 0 Å². The van der Waals surface area contributed by atoms with Crippen LogP contribution in [0.25, 0.3) is 0 Å². The molecule has 1 saturated heterocycles. The van der Waals surface area contributed by atoms with E-state index in [2.05, 4.69) is 22.0 Å². The number of carbonyl (C=O) groups excluding carboxylic acids is 1. The number of nitrogens with zero attached hydrogens (tertiary/aromatic N) is 3. The SMILES string of the molecule is CN(Cc1ccccc1)c1ccnc(C(=O)N2CCCCC2)c1. The maximum atomic E-state index is 12.6. The molecule has 0 spiro atoms. The van der Waals surface area contributed by atoms with E-state index in [1.54, 1.807) is 6.20 Å². The fourth-order valence-electron chi connectivity index (χ4n) is 2.98. The first-order valence-electron chi connectivity index (χ1n) is 8.24. The van der Waals surface area contributed by atoms with Gasteiger partial charge in [-0.1, -0.05) is 30.3 Å². The Kier molecular flexibility index (Phi) is 4.91. The van der Waals surface area contributed by atoms with Crippen LogP contribution >= 0.6 is 0 Å². The number of amides is 1. The second-order valence-corrected chi connectivity index (χ2v) is 6.09. The molecule has 120 valence electrons. The summed E-state index contributed by atoms with van der Waals surface area (Å²) in [6, 6.07) is 14.2. The molecule has 0 N–H and O–H groups in total. The van der Waals surface area contributed by atoms with Gasteiger partial charge in [0.05, 0.1) is 0 Å². The smallest absolute Gasteiger partial charge is 0.272 e. The first-order chi connectivity index (χ1) is 11.2. The van der Waals surface area contributed by atoms with Crippen molar-refractivity contribution in [3.05, 3.63) is 59.9 Å². The predicted molar refractivity (Wildman–Crippen MR) is 92.5 cm³/mol. The zero-order valence-electron chi connectivity index (χ0n) is 13.6. The molecule has 23 heavy (non-hydrogen) atoms. The zero-order chi connectivity index (χ0) is 16.1. The van der Waals surface area contributed by atoms with Gasteiger partial charge in [0.1, 0.15) is 5.69 Å². The maximum Gasteiger partial charge on any atom is 0.272 e. The van der Waals surface area contributed by atoms with Gasteiger partial charge < -0.3 is 9.80 Å². The molecule has 0 bridgehead atoms. The van der Waals surface area contributed by atoms with Crippen LogP contribution in [-0.2, 0) is 6.54 Å². The average molecular weight is 309 g/mol. The number of rotatable bonds is 4. The molecule has 2 aromatic rings. The normalized spacial score (nSPS) is 14.6. The van der Waals surface area contributed by atoms with Crippen LogP contribution in [-0.4, -0.2) is 35.9 Å². The Balaban J connectivity index is 1.72. The second-order valence-electron chi connectivity index (χ2n) is 6.09. The minimum absolute atomic E-state index is 0.0552. The van der Waals surface area contributed by atoms with Gasteiger partial charge >= 0.3 is 0 Å². The van der Waals surface area contributed by atoms with Crippen LogP contribution in [0.4, 0.5) is 5.69 Å². The number of hydrogen-bond donors (Lipinski definition) is 0. The molecule has 0 radical (unpaired) electrons. The highest BCUT2D eigenvalue weighted by molar-refractivity contribution is 5.93. The van der Waals surface area contributed by atoms with E-state index in [1.807, 2.05) is 42.3 Å². The average Bonchev–Trinajstić information content (AvgIpc) is 2.63. The van der Waals surface area contributed by atoms with Crippen molar-refractivity contribution < 1.29 is 4.79 Å². The number of likely N-dealkylation sites (tertiary alicyclic amines) is 1. The van der Waals surface area contributed by atoms with Gasteiger partial charge in [0.2, 0.25) is 0 Å². The lowest BCUT2D eigenvalue weighted by Gasteiger charge is -2.27. The monoisotopic (exact) mass is 309 g/mol. The summed E-state index contributed by atoms with van der Waals surface area (Å²) in [6.45, 7) is 2.51. The van der Waals surface area contributed by atoms with Crippen molar-refractivity contribution in [2.75, 3.05) is 25.0 Å². The van der Waals surface area contributed by atoms with Crippen molar-refractivity contribution in [3.63, 3.8) is 0 Å². The number of pyridine rings is 1. The Labute approximate surface area is 137 Å². The molecule has 3 rings (SSSR count). The number of piperidine rings is 1. The Morgan fingerprint density at radius 2 is 1.87 bits per heavy atom. The Morgan fingerprint density at radius 1 is 1.13 bits per heavy atom. The number of aromatic nitrogens is 1. The summed E-state index contributed by atoms with van der Waals surface area (Å²) in [5.41, 5.74) is 2.81. The topological polar surface area (TPSA) is 36.4 Å². The lowest BCUT2D eigenvalue weighted by atomic mass is 10.1. The van der Waals surface area contributed by atoms with Gasteiger partial charge in [0, 0.05) is 38.6 Å².